The van der Waals surface area contributed by atoms with Crippen molar-refractivity contribution in [3.05, 3.63) is 64.7 Å². The number of Topliss-reactive ketones (excluding diaryl/α,β-unsaturated/α-hetero) is 1. The zero-order valence-electron chi connectivity index (χ0n) is 16.2. The Bertz CT molecular complexity index is 930. The highest BCUT2D eigenvalue weighted by Gasteiger charge is 2.41. The molecule has 1 fully saturated rings. The molecule has 0 radical (unpaired) electrons. The number of alkyl halides is 1. The molecule has 1 unspecified atom stereocenters. The van der Waals surface area contributed by atoms with Crippen LogP contribution in [0.15, 0.2) is 42.5 Å². The number of carbonyl (C=O) groups excluding carboxylic acids is 2. The summed E-state index contributed by atoms with van der Waals surface area (Å²) in [6.07, 6.45) is 0.429. The van der Waals surface area contributed by atoms with Crippen LogP contribution in [0.1, 0.15) is 50.6 Å². The van der Waals surface area contributed by atoms with Crippen molar-refractivity contribution in [2.24, 2.45) is 11.8 Å². The van der Waals surface area contributed by atoms with Crippen molar-refractivity contribution >= 4 is 11.7 Å². The summed E-state index contributed by atoms with van der Waals surface area (Å²) in [5, 5.41) is 11.8. The molecule has 0 spiro atoms. The minimum Gasteiger partial charge on any atom is -0.486 e. The van der Waals surface area contributed by atoms with Crippen molar-refractivity contribution in [2.75, 3.05) is 20.3 Å². The van der Waals surface area contributed by atoms with E-state index in [9.17, 15) is 19.1 Å². The lowest BCUT2D eigenvalue weighted by molar-refractivity contribution is 0.0955. The van der Waals surface area contributed by atoms with E-state index in [1.807, 2.05) is 30.3 Å². The van der Waals surface area contributed by atoms with Gasteiger partial charge in [0.05, 0.1) is 11.5 Å². The third-order valence-corrected chi connectivity index (χ3v) is 5.95. The van der Waals surface area contributed by atoms with Gasteiger partial charge in [-0.05, 0) is 36.0 Å². The van der Waals surface area contributed by atoms with E-state index in [0.717, 1.165) is 12.0 Å². The maximum atomic E-state index is 13.8. The van der Waals surface area contributed by atoms with Gasteiger partial charge in [0.1, 0.15) is 18.5 Å². The van der Waals surface area contributed by atoms with E-state index in [4.69, 9.17) is 4.74 Å². The Hall–Kier alpha value is -2.73. The quantitative estimate of drug-likeness (QED) is 0.704. The predicted molar refractivity (Wildman–Crippen MR) is 106 cm³/mol. The van der Waals surface area contributed by atoms with E-state index in [2.05, 4.69) is 5.32 Å². The highest BCUT2D eigenvalue weighted by Crippen LogP contribution is 2.46. The largest absolute Gasteiger partial charge is 0.486 e. The standard InChI is InChI=1S/C23H24FNO4/c1-25-23(28)18-9-15(19(27)10-14-7-16(14)12-26)8-17-21(13-5-3-2-4-6-13)20(11-24)29-22(17)18/h2-6,8-9,14,16,20-21,26H,7,10-12H2,1H3,(H,25,28)/t14?,16-,20+,21-/m0/s1. The van der Waals surface area contributed by atoms with Crippen LogP contribution in [-0.2, 0) is 0 Å². The lowest BCUT2D eigenvalue weighted by Gasteiger charge is -2.16. The van der Waals surface area contributed by atoms with E-state index in [0.29, 0.717) is 23.3 Å². The third-order valence-electron chi connectivity index (χ3n) is 5.95. The van der Waals surface area contributed by atoms with Crippen molar-refractivity contribution in [1.82, 2.24) is 5.32 Å². The molecule has 0 aromatic heterocycles. The van der Waals surface area contributed by atoms with Crippen LogP contribution in [0.5, 0.6) is 5.75 Å². The summed E-state index contributed by atoms with van der Waals surface area (Å²) in [5.74, 6) is -0.126. The third kappa shape index (κ3) is 3.65. The van der Waals surface area contributed by atoms with Gasteiger partial charge in [-0.15, -0.1) is 0 Å². The number of halogens is 1. The molecule has 152 valence electrons. The normalized spacial score (nSPS) is 24.5. The van der Waals surface area contributed by atoms with Gasteiger partial charge in [0.2, 0.25) is 0 Å². The smallest absolute Gasteiger partial charge is 0.254 e. The Morgan fingerprint density at radius 2 is 1.97 bits per heavy atom. The Balaban J connectivity index is 1.76. The van der Waals surface area contributed by atoms with E-state index >= 15 is 0 Å². The summed E-state index contributed by atoms with van der Waals surface area (Å²) in [4.78, 5) is 25.4. The number of aliphatic hydroxyl groups excluding tert-OH is 1. The first-order valence-electron chi connectivity index (χ1n) is 9.89. The predicted octanol–water partition coefficient (Wildman–Crippen LogP) is 3.11. The zero-order chi connectivity index (χ0) is 20.5. The Morgan fingerprint density at radius 1 is 1.21 bits per heavy atom. The van der Waals surface area contributed by atoms with E-state index in [-0.39, 0.29) is 35.7 Å². The Morgan fingerprint density at radius 3 is 2.59 bits per heavy atom. The molecule has 2 aromatic rings. The number of aliphatic hydroxyl groups is 1. The van der Waals surface area contributed by atoms with Gasteiger partial charge in [-0.1, -0.05) is 30.3 Å². The zero-order valence-corrected chi connectivity index (χ0v) is 16.2. The van der Waals surface area contributed by atoms with Crippen molar-refractivity contribution in [2.45, 2.75) is 24.9 Å². The summed E-state index contributed by atoms with van der Waals surface area (Å²) < 4.78 is 19.7. The fourth-order valence-electron chi connectivity index (χ4n) is 4.21. The molecule has 4 rings (SSSR count). The van der Waals surface area contributed by atoms with Gasteiger partial charge in [-0.2, -0.15) is 0 Å². The van der Waals surface area contributed by atoms with Crippen molar-refractivity contribution in [1.29, 1.82) is 0 Å². The minimum absolute atomic E-state index is 0.0746. The first-order chi connectivity index (χ1) is 14.1. The fraction of sp³-hybridized carbons (Fsp3) is 0.391. The lowest BCUT2D eigenvalue weighted by atomic mass is 9.86. The molecule has 1 aliphatic heterocycles. The summed E-state index contributed by atoms with van der Waals surface area (Å²) in [5.41, 5.74) is 2.22. The Kier molecular flexibility index (Phi) is 5.37. The number of benzene rings is 2. The molecule has 1 saturated carbocycles. The van der Waals surface area contributed by atoms with Gasteiger partial charge in [-0.25, -0.2) is 4.39 Å². The number of rotatable bonds is 7. The van der Waals surface area contributed by atoms with Crippen LogP contribution in [0.2, 0.25) is 0 Å². The fourth-order valence-corrected chi connectivity index (χ4v) is 4.21. The molecule has 4 atom stereocenters. The number of carbonyl (C=O) groups is 2. The van der Waals surface area contributed by atoms with Crippen molar-refractivity contribution in [3.8, 4) is 5.75 Å². The molecule has 0 saturated heterocycles. The highest BCUT2D eigenvalue weighted by molar-refractivity contribution is 6.03. The van der Waals surface area contributed by atoms with Crippen LogP contribution < -0.4 is 10.1 Å². The van der Waals surface area contributed by atoms with Gasteiger partial charge >= 0.3 is 0 Å². The highest BCUT2D eigenvalue weighted by atomic mass is 19.1. The van der Waals surface area contributed by atoms with Crippen LogP contribution in [0.3, 0.4) is 0 Å². The van der Waals surface area contributed by atoms with Gasteiger partial charge in [0.15, 0.2) is 5.78 Å². The second-order valence-electron chi connectivity index (χ2n) is 7.79. The maximum Gasteiger partial charge on any atom is 0.254 e. The van der Waals surface area contributed by atoms with E-state index in [1.54, 1.807) is 12.1 Å². The molecule has 5 nitrogen and oxygen atoms in total. The van der Waals surface area contributed by atoms with Crippen molar-refractivity contribution < 1.29 is 23.8 Å². The SMILES string of the molecule is CNC(=O)c1cc(C(=O)CC2C[C@H]2CO)cc2c1O[C@H](CF)[C@H]2c1ccccc1. The van der Waals surface area contributed by atoms with Crippen LogP contribution in [0.25, 0.3) is 0 Å². The molecule has 1 amide bonds. The molecular formula is C23H24FNO4. The molecule has 2 N–H and O–H groups in total. The molecule has 1 heterocycles. The number of fused-ring (bicyclic) bond motifs is 1. The van der Waals surface area contributed by atoms with Crippen LogP contribution in [-0.4, -0.2) is 43.2 Å². The minimum atomic E-state index is -0.747. The van der Waals surface area contributed by atoms with Gasteiger partial charge < -0.3 is 15.2 Å². The van der Waals surface area contributed by atoms with Crippen molar-refractivity contribution in [3.63, 3.8) is 0 Å². The topological polar surface area (TPSA) is 75.6 Å². The Labute approximate surface area is 168 Å². The average molecular weight is 397 g/mol. The maximum absolute atomic E-state index is 13.8. The first-order valence-corrected chi connectivity index (χ1v) is 9.89. The van der Waals surface area contributed by atoms with Gasteiger partial charge in [-0.3, -0.25) is 9.59 Å². The second-order valence-corrected chi connectivity index (χ2v) is 7.79. The molecule has 1 aliphatic carbocycles. The van der Waals surface area contributed by atoms with Crippen LogP contribution >= 0.6 is 0 Å². The number of nitrogens with one attached hydrogen (secondary N) is 1. The number of ether oxygens (including phenoxy) is 1. The lowest BCUT2D eigenvalue weighted by Crippen LogP contribution is -2.22. The summed E-state index contributed by atoms with van der Waals surface area (Å²) in [7, 11) is 1.51. The van der Waals surface area contributed by atoms with Gasteiger partial charge in [0, 0.05) is 31.2 Å². The van der Waals surface area contributed by atoms with Gasteiger partial charge in [0.25, 0.3) is 5.91 Å². The van der Waals surface area contributed by atoms with E-state index < -0.39 is 18.7 Å². The first kappa shape index (κ1) is 19.6. The van der Waals surface area contributed by atoms with Crippen LogP contribution in [0, 0.1) is 11.8 Å². The number of ketones is 1. The summed E-state index contributed by atoms with van der Waals surface area (Å²) in [6.45, 7) is -0.612. The molecule has 29 heavy (non-hydrogen) atoms. The summed E-state index contributed by atoms with van der Waals surface area (Å²) >= 11 is 0. The second kappa shape index (κ2) is 7.95. The van der Waals surface area contributed by atoms with Crippen LogP contribution in [0.4, 0.5) is 4.39 Å². The summed E-state index contributed by atoms with van der Waals surface area (Å²) in [6, 6.07) is 12.7. The number of hydrogen-bond acceptors (Lipinski definition) is 4. The molecule has 2 aromatic carbocycles. The average Bonchev–Trinajstić information content (AvgIpc) is 3.40. The molecule has 6 heteroatoms. The number of amides is 1. The molecular weight excluding hydrogens is 373 g/mol. The monoisotopic (exact) mass is 397 g/mol. The number of hydrogen-bond donors (Lipinski definition) is 2. The molecule has 0 bridgehead atoms. The molecule has 2 aliphatic rings. The van der Waals surface area contributed by atoms with E-state index in [1.165, 1.54) is 7.05 Å².